The Kier molecular flexibility index (Phi) is 5.50. The van der Waals surface area contributed by atoms with Gasteiger partial charge in [0.1, 0.15) is 5.82 Å². The van der Waals surface area contributed by atoms with Crippen LogP contribution in [0.4, 0.5) is 11.5 Å². The summed E-state index contributed by atoms with van der Waals surface area (Å²) < 4.78 is 0. The van der Waals surface area contributed by atoms with Crippen LogP contribution in [-0.2, 0) is 17.6 Å². The molecule has 0 saturated carbocycles. The lowest BCUT2D eigenvalue weighted by Gasteiger charge is -2.28. The molecule has 2 aromatic rings. The number of likely N-dealkylation sites (tertiary alicyclic amines) is 1. The van der Waals surface area contributed by atoms with Gasteiger partial charge in [0.05, 0.1) is 18.1 Å². The zero-order valence-corrected chi connectivity index (χ0v) is 16.8. The average Bonchev–Trinajstić information content (AvgIpc) is 3.06. The first-order valence-electron chi connectivity index (χ1n) is 10.3. The molecular formula is C21H30N6O. The first-order chi connectivity index (χ1) is 13.6. The number of hydrogen-bond acceptors (Lipinski definition) is 5. The number of nitrogens with zero attached hydrogens (tertiary/aromatic N) is 4. The summed E-state index contributed by atoms with van der Waals surface area (Å²) in [5.74, 6) is 1.37. The standard InChI is InChI=1S/C21H30N6O/c1-26(2)20-8-7-18(14-22-20)24-17-4-3-10-27(11-9-17)21(28)15-5-6-16-13-23-25-19(16)12-15/h7-8,13-15,17,24H,3-6,9-12H2,1-2H3,(H,23,25)/t15-,17-/m1/s1. The summed E-state index contributed by atoms with van der Waals surface area (Å²) in [6.45, 7) is 1.69. The molecule has 0 radical (unpaired) electrons. The third-order valence-corrected chi connectivity index (χ3v) is 5.99. The third-order valence-electron chi connectivity index (χ3n) is 5.99. The first kappa shape index (κ1) is 18.8. The molecule has 0 bridgehead atoms. The number of fused-ring (bicyclic) bond motifs is 1. The molecule has 1 fully saturated rings. The van der Waals surface area contributed by atoms with E-state index in [0.29, 0.717) is 11.9 Å². The van der Waals surface area contributed by atoms with E-state index in [1.165, 1.54) is 5.56 Å². The number of rotatable bonds is 4. The molecule has 1 aliphatic heterocycles. The minimum absolute atomic E-state index is 0.0974. The average molecular weight is 383 g/mol. The van der Waals surface area contributed by atoms with Crippen molar-refractivity contribution in [1.29, 1.82) is 0 Å². The molecule has 3 heterocycles. The Bertz CT molecular complexity index is 799. The van der Waals surface area contributed by atoms with E-state index in [1.807, 2.05) is 37.5 Å². The van der Waals surface area contributed by atoms with Crippen LogP contribution >= 0.6 is 0 Å². The third kappa shape index (κ3) is 4.13. The molecule has 2 aromatic heterocycles. The number of aromatic nitrogens is 3. The van der Waals surface area contributed by atoms with Crippen molar-refractivity contribution in [2.75, 3.05) is 37.4 Å². The smallest absolute Gasteiger partial charge is 0.226 e. The zero-order chi connectivity index (χ0) is 19.5. The predicted molar refractivity (Wildman–Crippen MR) is 111 cm³/mol. The summed E-state index contributed by atoms with van der Waals surface area (Å²) in [6.07, 6.45) is 9.58. The van der Waals surface area contributed by atoms with Crippen LogP contribution in [-0.4, -0.2) is 59.2 Å². The van der Waals surface area contributed by atoms with Crippen LogP contribution in [0.15, 0.2) is 24.5 Å². The van der Waals surface area contributed by atoms with Crippen LogP contribution in [0.3, 0.4) is 0 Å². The highest BCUT2D eigenvalue weighted by Crippen LogP contribution is 2.26. The lowest BCUT2D eigenvalue weighted by Crippen LogP contribution is -2.39. The van der Waals surface area contributed by atoms with Crippen molar-refractivity contribution in [3.8, 4) is 0 Å². The van der Waals surface area contributed by atoms with Crippen molar-refractivity contribution in [1.82, 2.24) is 20.1 Å². The van der Waals surface area contributed by atoms with Gasteiger partial charge in [0.25, 0.3) is 0 Å². The molecular weight excluding hydrogens is 352 g/mol. The number of H-pyrrole nitrogens is 1. The van der Waals surface area contributed by atoms with E-state index >= 15 is 0 Å². The molecule has 2 atom stereocenters. The first-order valence-corrected chi connectivity index (χ1v) is 10.3. The fraction of sp³-hybridized carbons (Fsp3) is 0.571. The number of carbonyl (C=O) groups is 1. The van der Waals surface area contributed by atoms with Crippen LogP contribution in [0.1, 0.15) is 36.9 Å². The Labute approximate surface area is 166 Å². The largest absolute Gasteiger partial charge is 0.381 e. The van der Waals surface area contributed by atoms with Crippen molar-refractivity contribution in [3.63, 3.8) is 0 Å². The summed E-state index contributed by atoms with van der Waals surface area (Å²) in [5, 5.41) is 10.8. The molecule has 2 aliphatic rings. The maximum absolute atomic E-state index is 13.1. The molecule has 7 heteroatoms. The van der Waals surface area contributed by atoms with Gasteiger partial charge in [-0.15, -0.1) is 0 Å². The van der Waals surface area contributed by atoms with Crippen molar-refractivity contribution in [2.24, 2.45) is 5.92 Å². The molecule has 1 aliphatic carbocycles. The monoisotopic (exact) mass is 382 g/mol. The summed E-state index contributed by atoms with van der Waals surface area (Å²) in [6, 6.07) is 4.50. The minimum atomic E-state index is 0.0974. The van der Waals surface area contributed by atoms with Gasteiger partial charge in [-0.05, 0) is 49.8 Å². The second kappa shape index (κ2) is 8.20. The van der Waals surface area contributed by atoms with Gasteiger partial charge in [-0.3, -0.25) is 9.89 Å². The van der Waals surface area contributed by atoms with E-state index < -0.39 is 0 Å². The Morgan fingerprint density at radius 3 is 2.89 bits per heavy atom. The van der Waals surface area contributed by atoms with E-state index in [1.54, 1.807) is 0 Å². The van der Waals surface area contributed by atoms with Gasteiger partial charge in [-0.2, -0.15) is 5.10 Å². The summed E-state index contributed by atoms with van der Waals surface area (Å²) in [5.41, 5.74) is 3.47. The van der Waals surface area contributed by atoms with Crippen molar-refractivity contribution in [2.45, 2.75) is 44.6 Å². The fourth-order valence-corrected chi connectivity index (χ4v) is 4.31. The number of pyridine rings is 1. The second-order valence-corrected chi connectivity index (χ2v) is 8.21. The number of hydrogen-bond donors (Lipinski definition) is 2. The number of carbonyl (C=O) groups excluding carboxylic acids is 1. The normalized spacial score (nSPS) is 22.3. The molecule has 7 nitrogen and oxygen atoms in total. The molecule has 0 aromatic carbocycles. The van der Waals surface area contributed by atoms with Crippen molar-refractivity contribution >= 4 is 17.4 Å². The molecule has 4 rings (SSSR count). The van der Waals surface area contributed by atoms with E-state index in [9.17, 15) is 4.79 Å². The topological polar surface area (TPSA) is 77.1 Å². The Hall–Kier alpha value is -2.57. The molecule has 1 amide bonds. The Morgan fingerprint density at radius 1 is 1.21 bits per heavy atom. The van der Waals surface area contributed by atoms with Gasteiger partial charge in [0, 0.05) is 51.3 Å². The van der Waals surface area contributed by atoms with Gasteiger partial charge in [0.15, 0.2) is 0 Å². The molecule has 1 saturated heterocycles. The van der Waals surface area contributed by atoms with E-state index in [2.05, 4.69) is 31.5 Å². The highest BCUT2D eigenvalue weighted by atomic mass is 16.2. The zero-order valence-electron chi connectivity index (χ0n) is 16.8. The van der Waals surface area contributed by atoms with E-state index in [4.69, 9.17) is 0 Å². The maximum Gasteiger partial charge on any atom is 0.226 e. The summed E-state index contributed by atoms with van der Waals surface area (Å²) >= 11 is 0. The molecule has 2 N–H and O–H groups in total. The van der Waals surface area contributed by atoms with Crippen LogP contribution in [0.2, 0.25) is 0 Å². The van der Waals surface area contributed by atoms with Gasteiger partial charge < -0.3 is 15.1 Å². The van der Waals surface area contributed by atoms with Crippen LogP contribution < -0.4 is 10.2 Å². The number of anilines is 2. The molecule has 0 spiro atoms. The number of aromatic amines is 1. The van der Waals surface area contributed by atoms with E-state index in [-0.39, 0.29) is 5.92 Å². The summed E-state index contributed by atoms with van der Waals surface area (Å²) in [7, 11) is 3.98. The minimum Gasteiger partial charge on any atom is -0.381 e. The number of amides is 1. The SMILES string of the molecule is CN(C)c1ccc(N[C@@H]2CCCN(C(=O)[C@@H]3CCc4cn[nH]c4C3)CC2)cn1. The van der Waals surface area contributed by atoms with Crippen LogP contribution in [0.25, 0.3) is 0 Å². The van der Waals surface area contributed by atoms with Gasteiger partial charge in [0.2, 0.25) is 5.91 Å². The Morgan fingerprint density at radius 2 is 2.11 bits per heavy atom. The van der Waals surface area contributed by atoms with Gasteiger partial charge in [-0.1, -0.05) is 0 Å². The van der Waals surface area contributed by atoms with Gasteiger partial charge in [-0.25, -0.2) is 4.98 Å². The number of nitrogens with one attached hydrogen (secondary N) is 2. The molecule has 0 unspecified atom stereocenters. The fourth-order valence-electron chi connectivity index (χ4n) is 4.31. The summed E-state index contributed by atoms with van der Waals surface area (Å²) in [4.78, 5) is 21.6. The lowest BCUT2D eigenvalue weighted by molar-refractivity contribution is -0.135. The highest BCUT2D eigenvalue weighted by molar-refractivity contribution is 5.79. The van der Waals surface area contributed by atoms with Crippen LogP contribution in [0.5, 0.6) is 0 Å². The van der Waals surface area contributed by atoms with Gasteiger partial charge >= 0.3 is 0 Å². The lowest BCUT2D eigenvalue weighted by atomic mass is 9.87. The predicted octanol–water partition coefficient (Wildman–Crippen LogP) is 2.47. The quantitative estimate of drug-likeness (QED) is 0.849. The maximum atomic E-state index is 13.1. The molecule has 150 valence electrons. The second-order valence-electron chi connectivity index (χ2n) is 8.21. The van der Waals surface area contributed by atoms with E-state index in [0.717, 1.165) is 68.8 Å². The Balaban J connectivity index is 1.31. The highest BCUT2D eigenvalue weighted by Gasteiger charge is 2.30. The van der Waals surface area contributed by atoms with Crippen molar-refractivity contribution < 1.29 is 4.79 Å². The van der Waals surface area contributed by atoms with Crippen molar-refractivity contribution in [3.05, 3.63) is 35.8 Å². The number of aryl methyl sites for hydroxylation is 1. The van der Waals surface area contributed by atoms with Crippen LogP contribution in [0, 0.1) is 5.92 Å². The molecule has 28 heavy (non-hydrogen) atoms.